The van der Waals surface area contributed by atoms with E-state index in [1.54, 1.807) is 0 Å². The molecule has 1 aromatic rings. The maximum atomic E-state index is 12.4. The third-order valence-corrected chi connectivity index (χ3v) is 5.52. The van der Waals surface area contributed by atoms with Crippen molar-refractivity contribution in [2.45, 2.75) is 24.3 Å². The first-order valence-corrected chi connectivity index (χ1v) is 7.29. The molecular formula is C12H13ClN2O4S. The van der Waals surface area contributed by atoms with E-state index < -0.39 is 21.5 Å². The Morgan fingerprint density at radius 2 is 2.00 bits per heavy atom. The molecule has 0 fully saturated rings. The number of carboxylic acid groups (broad SMARTS) is 1. The summed E-state index contributed by atoms with van der Waals surface area (Å²) in [7, 11) is -2.92. The Kier molecular flexibility index (Phi) is 4.44. The molecule has 0 aliphatic rings. The number of rotatable bonds is 4. The molecule has 0 atom stereocenters. The molecule has 1 rings (SSSR count). The normalized spacial score (nSPS) is 12.2. The molecule has 0 heterocycles. The molecule has 20 heavy (non-hydrogen) atoms. The Morgan fingerprint density at radius 1 is 1.45 bits per heavy atom. The number of carboxylic acids is 1. The minimum Gasteiger partial charge on any atom is -0.480 e. The summed E-state index contributed by atoms with van der Waals surface area (Å²) in [6.45, 7) is 2.54. The molecule has 0 saturated carbocycles. The highest BCUT2D eigenvalue weighted by Gasteiger charge is 2.40. The molecule has 0 aliphatic heterocycles. The summed E-state index contributed by atoms with van der Waals surface area (Å²) in [6, 6.07) is 5.55. The van der Waals surface area contributed by atoms with Crippen molar-refractivity contribution in [1.82, 2.24) is 4.31 Å². The molecule has 0 bridgehead atoms. The lowest BCUT2D eigenvalue weighted by molar-refractivity contribution is -0.145. The van der Waals surface area contributed by atoms with Crippen molar-refractivity contribution < 1.29 is 18.3 Å². The third kappa shape index (κ3) is 2.77. The Morgan fingerprint density at radius 3 is 2.40 bits per heavy atom. The molecule has 6 nitrogen and oxygen atoms in total. The molecule has 0 aliphatic carbocycles. The van der Waals surface area contributed by atoms with Crippen LogP contribution in [0.25, 0.3) is 0 Å². The van der Waals surface area contributed by atoms with Gasteiger partial charge < -0.3 is 5.11 Å². The highest BCUT2D eigenvalue weighted by Crippen LogP contribution is 2.28. The van der Waals surface area contributed by atoms with Crippen LogP contribution in [-0.2, 0) is 14.8 Å². The summed E-state index contributed by atoms with van der Waals surface area (Å²) in [5.41, 5.74) is -1.41. The highest BCUT2D eigenvalue weighted by atomic mass is 35.5. The largest absolute Gasteiger partial charge is 0.480 e. The predicted molar refractivity (Wildman–Crippen MR) is 72.8 cm³/mol. The standard InChI is InChI=1S/C12H13ClN2O4S/c1-12(2,11(16)17)15(3)20(18,19)10-5-4-8(7-14)6-9(10)13/h4-6H,1-3H3,(H,16,17). The molecule has 0 amide bonds. The molecule has 108 valence electrons. The van der Waals surface area contributed by atoms with Crippen LogP contribution in [0, 0.1) is 11.3 Å². The van der Waals surface area contributed by atoms with Crippen LogP contribution in [0.1, 0.15) is 19.4 Å². The number of benzene rings is 1. The van der Waals surface area contributed by atoms with Gasteiger partial charge in [0.1, 0.15) is 10.4 Å². The summed E-state index contributed by atoms with van der Waals surface area (Å²) >= 11 is 5.86. The highest BCUT2D eigenvalue weighted by molar-refractivity contribution is 7.89. The molecule has 1 aromatic carbocycles. The van der Waals surface area contributed by atoms with Gasteiger partial charge in [0.05, 0.1) is 16.7 Å². The number of hydrogen-bond donors (Lipinski definition) is 1. The van der Waals surface area contributed by atoms with Crippen molar-refractivity contribution in [2.75, 3.05) is 7.05 Å². The first-order valence-electron chi connectivity index (χ1n) is 5.47. The number of likely N-dealkylation sites (N-methyl/N-ethyl adjacent to an activating group) is 1. The van der Waals surface area contributed by atoms with Crippen LogP contribution in [0.3, 0.4) is 0 Å². The van der Waals surface area contributed by atoms with E-state index in [0.29, 0.717) is 0 Å². The van der Waals surface area contributed by atoms with Crippen molar-refractivity contribution in [1.29, 1.82) is 5.26 Å². The van der Waals surface area contributed by atoms with Crippen LogP contribution in [0.4, 0.5) is 0 Å². The maximum absolute atomic E-state index is 12.4. The minimum atomic E-state index is -4.09. The Hall–Kier alpha value is -1.62. The second-order valence-corrected chi connectivity index (χ2v) is 6.94. The van der Waals surface area contributed by atoms with Crippen molar-refractivity contribution >= 4 is 27.6 Å². The fourth-order valence-electron chi connectivity index (χ4n) is 1.36. The van der Waals surface area contributed by atoms with Crippen LogP contribution in [0.15, 0.2) is 23.1 Å². The number of aliphatic carboxylic acids is 1. The number of carbonyl (C=O) groups is 1. The van der Waals surface area contributed by atoms with Crippen molar-refractivity contribution in [2.24, 2.45) is 0 Å². The van der Waals surface area contributed by atoms with Gasteiger partial charge in [0, 0.05) is 7.05 Å². The summed E-state index contributed by atoms with van der Waals surface area (Å²) in [5, 5.41) is 17.7. The van der Waals surface area contributed by atoms with Gasteiger partial charge in [-0.1, -0.05) is 11.6 Å². The summed E-state index contributed by atoms with van der Waals surface area (Å²) < 4.78 is 25.5. The zero-order valence-electron chi connectivity index (χ0n) is 11.1. The van der Waals surface area contributed by atoms with Gasteiger partial charge in [-0.05, 0) is 32.0 Å². The van der Waals surface area contributed by atoms with Gasteiger partial charge in [0.15, 0.2) is 0 Å². The van der Waals surface area contributed by atoms with E-state index in [1.165, 1.54) is 32.0 Å². The zero-order valence-corrected chi connectivity index (χ0v) is 12.7. The molecule has 0 radical (unpaired) electrons. The molecule has 1 N–H and O–H groups in total. The van der Waals surface area contributed by atoms with E-state index in [9.17, 15) is 13.2 Å². The van der Waals surface area contributed by atoms with E-state index >= 15 is 0 Å². The fraction of sp³-hybridized carbons (Fsp3) is 0.333. The van der Waals surface area contributed by atoms with Crippen molar-refractivity contribution in [3.05, 3.63) is 28.8 Å². The van der Waals surface area contributed by atoms with Crippen LogP contribution < -0.4 is 0 Å². The Labute approximate surface area is 122 Å². The van der Waals surface area contributed by atoms with Gasteiger partial charge in [0.2, 0.25) is 10.0 Å². The second kappa shape index (κ2) is 5.40. The molecular weight excluding hydrogens is 304 g/mol. The van der Waals surface area contributed by atoms with Crippen molar-refractivity contribution in [3.8, 4) is 6.07 Å². The van der Waals surface area contributed by atoms with Gasteiger partial charge in [0.25, 0.3) is 0 Å². The number of nitriles is 1. The SMILES string of the molecule is CN(C(C)(C)C(=O)O)S(=O)(=O)c1ccc(C#N)cc1Cl. The van der Waals surface area contributed by atoms with Crippen molar-refractivity contribution in [3.63, 3.8) is 0 Å². The predicted octanol–water partition coefficient (Wildman–Crippen LogP) is 1.70. The lowest BCUT2D eigenvalue weighted by Gasteiger charge is -2.30. The molecule has 0 saturated heterocycles. The lowest BCUT2D eigenvalue weighted by atomic mass is 10.1. The number of sulfonamides is 1. The molecule has 0 unspecified atom stereocenters. The first-order chi connectivity index (χ1) is 9.05. The monoisotopic (exact) mass is 316 g/mol. The van der Waals surface area contributed by atoms with Gasteiger partial charge in [-0.25, -0.2) is 8.42 Å². The number of halogens is 1. The summed E-state index contributed by atoms with van der Waals surface area (Å²) in [5.74, 6) is -1.28. The number of nitrogens with zero attached hydrogens (tertiary/aromatic N) is 2. The average molecular weight is 317 g/mol. The van der Waals surface area contributed by atoms with Crippen LogP contribution in [0.2, 0.25) is 5.02 Å². The third-order valence-electron chi connectivity index (χ3n) is 3.01. The molecule has 0 aromatic heterocycles. The van der Waals surface area contributed by atoms with E-state index in [4.69, 9.17) is 22.0 Å². The summed E-state index contributed by atoms with van der Waals surface area (Å²) in [4.78, 5) is 10.9. The summed E-state index contributed by atoms with van der Waals surface area (Å²) in [6.07, 6.45) is 0. The fourth-order valence-corrected chi connectivity index (χ4v) is 3.35. The van der Waals surface area contributed by atoms with Crippen LogP contribution >= 0.6 is 11.6 Å². The van der Waals surface area contributed by atoms with Crippen LogP contribution in [0.5, 0.6) is 0 Å². The van der Waals surface area contributed by atoms with Gasteiger partial charge in [-0.2, -0.15) is 9.57 Å². The van der Waals surface area contributed by atoms with Gasteiger partial charge in [-0.15, -0.1) is 0 Å². The Bertz CT molecular complexity index is 692. The first kappa shape index (κ1) is 16.4. The number of hydrogen-bond acceptors (Lipinski definition) is 4. The Balaban J connectivity index is 3.39. The molecule has 8 heteroatoms. The van der Waals surface area contributed by atoms with E-state index in [-0.39, 0.29) is 15.5 Å². The van der Waals surface area contributed by atoms with E-state index in [2.05, 4.69) is 0 Å². The zero-order chi connectivity index (χ0) is 15.7. The van der Waals surface area contributed by atoms with Crippen LogP contribution in [-0.4, -0.2) is 36.4 Å². The topological polar surface area (TPSA) is 98.5 Å². The minimum absolute atomic E-state index is 0.128. The van der Waals surface area contributed by atoms with E-state index in [1.807, 2.05) is 6.07 Å². The van der Waals surface area contributed by atoms with E-state index in [0.717, 1.165) is 11.4 Å². The van der Waals surface area contributed by atoms with Gasteiger partial charge in [-0.3, -0.25) is 4.79 Å². The second-order valence-electron chi connectivity index (χ2n) is 4.59. The quantitative estimate of drug-likeness (QED) is 0.911. The van der Waals surface area contributed by atoms with Gasteiger partial charge >= 0.3 is 5.97 Å². The molecule has 0 spiro atoms. The smallest absolute Gasteiger partial charge is 0.324 e. The maximum Gasteiger partial charge on any atom is 0.324 e. The average Bonchev–Trinajstić information content (AvgIpc) is 2.36. The lowest BCUT2D eigenvalue weighted by Crippen LogP contribution is -2.50.